The van der Waals surface area contributed by atoms with E-state index in [0.717, 1.165) is 18.5 Å². The summed E-state index contributed by atoms with van der Waals surface area (Å²) >= 11 is 0. The molecule has 3 heterocycles. The van der Waals surface area contributed by atoms with Crippen LogP contribution < -0.4 is 10.6 Å². The van der Waals surface area contributed by atoms with Crippen LogP contribution in [-0.4, -0.2) is 32.0 Å². The highest BCUT2D eigenvalue weighted by molar-refractivity contribution is 5.97. The van der Waals surface area contributed by atoms with Crippen molar-refractivity contribution in [2.75, 3.05) is 11.9 Å². The van der Waals surface area contributed by atoms with E-state index in [2.05, 4.69) is 25.6 Å². The summed E-state index contributed by atoms with van der Waals surface area (Å²) in [5, 5.41) is 5.15. The Labute approximate surface area is 198 Å². The minimum absolute atomic E-state index is 0.0621. The Morgan fingerprint density at radius 1 is 1.09 bits per heavy atom. The molecule has 4 aromatic rings. The van der Waals surface area contributed by atoms with Gasteiger partial charge in [0.2, 0.25) is 0 Å². The number of aromatic nitrogens is 4. The fourth-order valence-electron chi connectivity index (χ4n) is 4.13. The second-order valence-corrected chi connectivity index (χ2v) is 8.68. The minimum atomic E-state index is -3.17. The maximum atomic E-state index is 14.9. The van der Waals surface area contributed by atoms with Crippen molar-refractivity contribution in [1.82, 2.24) is 24.8 Å². The second-order valence-electron chi connectivity index (χ2n) is 8.68. The molecule has 1 aliphatic carbocycles. The molecule has 0 atom stereocenters. The molecule has 6 rings (SSSR count). The Morgan fingerprint density at radius 2 is 1.94 bits per heavy atom. The first-order chi connectivity index (χ1) is 16.9. The molecule has 10 heteroatoms. The van der Waals surface area contributed by atoms with Gasteiger partial charge in [-0.25, -0.2) is 19.3 Å². The Kier molecular flexibility index (Phi) is 4.84. The van der Waals surface area contributed by atoms with Crippen molar-refractivity contribution >= 4 is 17.4 Å². The van der Waals surface area contributed by atoms with Crippen LogP contribution in [0, 0.1) is 5.82 Å². The number of fused-ring (bicyclic) bond motifs is 1. The third-order valence-corrected chi connectivity index (χ3v) is 6.14. The number of carbonyl (C=O) groups is 1. The first kappa shape index (κ1) is 21.3. The Morgan fingerprint density at radius 3 is 2.74 bits per heavy atom. The average Bonchev–Trinajstić information content (AvgIpc) is 3.59. The van der Waals surface area contributed by atoms with Gasteiger partial charge in [-0.2, -0.15) is 8.78 Å². The fraction of sp³-hybridized carbons (Fsp3) is 0.200. The molecule has 0 saturated heterocycles. The number of amides is 1. The van der Waals surface area contributed by atoms with Crippen LogP contribution in [-0.2, 0) is 5.92 Å². The monoisotopic (exact) mass is 476 g/mol. The summed E-state index contributed by atoms with van der Waals surface area (Å²) in [4.78, 5) is 24.9. The SMILES string of the molecule is O=C1NCC(F)(F)c2cc(Nc3ccnc(-c4ccc(-n5cnc(C6CC6)c5)c(F)c4)n3)ccc21. The normalized spacial score (nSPS) is 16.5. The number of anilines is 2. The van der Waals surface area contributed by atoms with Crippen molar-refractivity contribution < 1.29 is 18.0 Å². The Hall–Kier alpha value is -4.21. The molecule has 176 valence electrons. The number of hydrogen-bond acceptors (Lipinski definition) is 5. The lowest BCUT2D eigenvalue weighted by molar-refractivity contribution is -0.00832. The zero-order valence-corrected chi connectivity index (χ0v) is 18.3. The van der Waals surface area contributed by atoms with E-state index in [1.807, 2.05) is 6.20 Å². The van der Waals surface area contributed by atoms with Gasteiger partial charge in [0.1, 0.15) is 11.6 Å². The molecule has 35 heavy (non-hydrogen) atoms. The molecule has 1 amide bonds. The number of nitrogens with one attached hydrogen (secondary N) is 2. The van der Waals surface area contributed by atoms with Gasteiger partial charge in [0.25, 0.3) is 11.8 Å². The van der Waals surface area contributed by atoms with E-state index < -0.39 is 24.2 Å². The van der Waals surface area contributed by atoms with Gasteiger partial charge in [0.05, 0.1) is 24.3 Å². The minimum Gasteiger partial charge on any atom is -0.346 e. The number of alkyl halides is 2. The molecule has 1 fully saturated rings. The van der Waals surface area contributed by atoms with Crippen molar-refractivity contribution in [2.45, 2.75) is 24.7 Å². The molecule has 2 aromatic carbocycles. The lowest BCUT2D eigenvalue weighted by Crippen LogP contribution is -2.41. The van der Waals surface area contributed by atoms with Crippen LogP contribution in [0.15, 0.2) is 61.2 Å². The average molecular weight is 476 g/mol. The predicted molar refractivity (Wildman–Crippen MR) is 122 cm³/mol. The standard InChI is InChI=1S/C25H19F3N6O/c26-19-9-15(3-6-21(19)34-11-20(31-13-34)14-1-2-14)23-29-8-7-22(33-23)32-16-4-5-17-18(10-16)25(27,28)12-30-24(17)35/h3-11,13-14H,1-2,12H2,(H,30,35)(H,29,32,33). The van der Waals surface area contributed by atoms with Crippen molar-refractivity contribution in [3.63, 3.8) is 0 Å². The maximum Gasteiger partial charge on any atom is 0.291 e. The highest BCUT2D eigenvalue weighted by Gasteiger charge is 2.40. The molecule has 0 bridgehead atoms. The zero-order valence-electron chi connectivity index (χ0n) is 18.3. The lowest BCUT2D eigenvalue weighted by Gasteiger charge is -2.25. The van der Waals surface area contributed by atoms with E-state index >= 15 is 0 Å². The van der Waals surface area contributed by atoms with Crippen LogP contribution in [0.2, 0.25) is 0 Å². The number of rotatable bonds is 5. The highest BCUT2D eigenvalue weighted by atomic mass is 19.3. The number of imidazole rings is 1. The number of hydrogen-bond donors (Lipinski definition) is 2. The quantitative estimate of drug-likeness (QED) is 0.427. The lowest BCUT2D eigenvalue weighted by atomic mass is 9.96. The molecular weight excluding hydrogens is 457 g/mol. The Bertz CT molecular complexity index is 1460. The van der Waals surface area contributed by atoms with E-state index in [1.54, 1.807) is 29.1 Å². The van der Waals surface area contributed by atoms with Gasteiger partial charge in [-0.05, 0) is 55.3 Å². The summed E-state index contributed by atoms with van der Waals surface area (Å²) in [7, 11) is 0. The number of benzene rings is 2. The van der Waals surface area contributed by atoms with Gasteiger partial charge in [-0.1, -0.05) is 0 Å². The Balaban J connectivity index is 1.26. The summed E-state index contributed by atoms with van der Waals surface area (Å²) in [6, 6.07) is 10.4. The summed E-state index contributed by atoms with van der Waals surface area (Å²) in [6.45, 7) is -0.748. The smallest absolute Gasteiger partial charge is 0.291 e. The van der Waals surface area contributed by atoms with Crippen LogP contribution >= 0.6 is 0 Å². The van der Waals surface area contributed by atoms with E-state index in [1.165, 1.54) is 30.5 Å². The van der Waals surface area contributed by atoms with Gasteiger partial charge < -0.3 is 15.2 Å². The molecule has 0 spiro atoms. The first-order valence-corrected chi connectivity index (χ1v) is 11.1. The van der Waals surface area contributed by atoms with E-state index in [4.69, 9.17) is 0 Å². The second kappa shape index (κ2) is 7.93. The molecule has 1 saturated carbocycles. The molecular formula is C25H19F3N6O. The first-order valence-electron chi connectivity index (χ1n) is 11.1. The maximum absolute atomic E-state index is 14.9. The van der Waals surface area contributed by atoms with Gasteiger partial charge in [0.15, 0.2) is 5.82 Å². The van der Waals surface area contributed by atoms with Crippen molar-refractivity contribution in [2.24, 2.45) is 0 Å². The van der Waals surface area contributed by atoms with Crippen LogP contribution in [0.5, 0.6) is 0 Å². The third kappa shape index (κ3) is 4.01. The van der Waals surface area contributed by atoms with E-state index in [0.29, 0.717) is 28.7 Å². The van der Waals surface area contributed by atoms with Crippen LogP contribution in [0.4, 0.5) is 24.7 Å². The van der Waals surface area contributed by atoms with E-state index in [9.17, 15) is 18.0 Å². The van der Waals surface area contributed by atoms with Crippen molar-refractivity contribution in [3.8, 4) is 17.1 Å². The number of nitrogens with zero attached hydrogens (tertiary/aromatic N) is 4. The molecule has 0 radical (unpaired) electrons. The summed E-state index contributed by atoms with van der Waals surface area (Å²) < 4.78 is 45.2. The molecule has 1 aliphatic heterocycles. The molecule has 2 aliphatic rings. The number of carbonyl (C=O) groups excluding carboxylic acids is 1. The summed E-state index contributed by atoms with van der Waals surface area (Å²) in [5.41, 5.74) is 1.75. The molecule has 7 nitrogen and oxygen atoms in total. The molecule has 0 unspecified atom stereocenters. The van der Waals surface area contributed by atoms with Gasteiger partial charge in [-0.3, -0.25) is 4.79 Å². The van der Waals surface area contributed by atoms with Gasteiger partial charge in [-0.15, -0.1) is 0 Å². The highest BCUT2D eigenvalue weighted by Crippen LogP contribution is 2.39. The van der Waals surface area contributed by atoms with Crippen LogP contribution in [0.3, 0.4) is 0 Å². The van der Waals surface area contributed by atoms with Crippen molar-refractivity contribution in [3.05, 3.63) is 83.8 Å². The molecule has 2 aromatic heterocycles. The summed E-state index contributed by atoms with van der Waals surface area (Å²) in [6.07, 6.45) is 7.18. The van der Waals surface area contributed by atoms with Crippen LogP contribution in [0.1, 0.15) is 40.4 Å². The molecule has 2 N–H and O–H groups in total. The van der Waals surface area contributed by atoms with Crippen LogP contribution in [0.25, 0.3) is 17.1 Å². The topological polar surface area (TPSA) is 84.7 Å². The summed E-state index contributed by atoms with van der Waals surface area (Å²) in [5.74, 6) is -3.07. The zero-order chi connectivity index (χ0) is 24.2. The van der Waals surface area contributed by atoms with Gasteiger partial charge in [0, 0.05) is 40.7 Å². The number of halogens is 3. The predicted octanol–water partition coefficient (Wildman–Crippen LogP) is 4.92. The van der Waals surface area contributed by atoms with E-state index in [-0.39, 0.29) is 17.0 Å². The van der Waals surface area contributed by atoms with Gasteiger partial charge >= 0.3 is 0 Å². The largest absolute Gasteiger partial charge is 0.346 e. The fourth-order valence-corrected chi connectivity index (χ4v) is 4.13. The third-order valence-electron chi connectivity index (χ3n) is 6.14. The van der Waals surface area contributed by atoms with Crippen molar-refractivity contribution in [1.29, 1.82) is 0 Å².